The molecule has 1 rings (SSSR count). The van der Waals surface area contributed by atoms with Crippen molar-refractivity contribution in [2.45, 2.75) is 33.3 Å². The average molecular weight is 319 g/mol. The number of allylic oxidation sites excluding steroid dienone is 2. The molecule has 1 atom stereocenters. The van der Waals surface area contributed by atoms with Crippen LogP contribution < -0.4 is 0 Å². The summed E-state index contributed by atoms with van der Waals surface area (Å²) >= 11 is 3.19. The molecule has 1 unspecified atom stereocenters. The molecule has 100 valence electrons. The minimum Gasteiger partial charge on any atom is -0.493 e. The van der Waals surface area contributed by atoms with Crippen molar-refractivity contribution in [1.82, 2.24) is 0 Å². The van der Waals surface area contributed by atoms with E-state index in [0.717, 1.165) is 0 Å². The van der Waals surface area contributed by atoms with Gasteiger partial charge in [-0.1, -0.05) is 0 Å². The molecule has 2 N–H and O–H groups in total. The van der Waals surface area contributed by atoms with Crippen molar-refractivity contribution in [2.75, 3.05) is 0 Å². The fourth-order valence-corrected chi connectivity index (χ4v) is 2.53. The molecule has 0 saturated carbocycles. The largest absolute Gasteiger partial charge is 0.493 e. The first-order valence-electron chi connectivity index (χ1n) is 5.42. The lowest BCUT2D eigenvalue weighted by Crippen LogP contribution is -2.35. The highest BCUT2D eigenvalue weighted by molar-refractivity contribution is 9.11. The van der Waals surface area contributed by atoms with Crippen LogP contribution in [0.25, 0.3) is 0 Å². The monoisotopic (exact) mass is 318 g/mol. The van der Waals surface area contributed by atoms with E-state index in [1.54, 1.807) is 13.8 Å². The third-order valence-electron chi connectivity index (χ3n) is 2.66. The molecule has 0 heterocycles. The Hall–Kier alpha value is -1.30. The van der Waals surface area contributed by atoms with Gasteiger partial charge in [0.05, 0.1) is 10.6 Å². The number of halogens is 1. The van der Waals surface area contributed by atoms with Crippen LogP contribution in [0.15, 0.2) is 21.9 Å². The summed E-state index contributed by atoms with van der Waals surface area (Å²) in [5, 5.41) is 18.3. The minimum absolute atomic E-state index is 0.0443. The first-order chi connectivity index (χ1) is 8.18. The third-order valence-corrected chi connectivity index (χ3v) is 3.25. The molecule has 1 aliphatic carbocycles. The van der Waals surface area contributed by atoms with Gasteiger partial charge in [0.25, 0.3) is 0 Å². The van der Waals surface area contributed by atoms with E-state index in [4.69, 9.17) is 9.84 Å². The van der Waals surface area contributed by atoms with Gasteiger partial charge in [-0.05, 0) is 42.8 Å². The van der Waals surface area contributed by atoms with Crippen molar-refractivity contribution < 1.29 is 24.5 Å². The molecule has 1 aliphatic rings. The van der Waals surface area contributed by atoms with Gasteiger partial charge in [-0.15, -0.1) is 0 Å². The maximum Gasteiger partial charge on any atom is 0.331 e. The molecule has 0 amide bonds. The van der Waals surface area contributed by atoms with Gasteiger partial charge >= 0.3 is 11.9 Å². The molecule has 18 heavy (non-hydrogen) atoms. The van der Waals surface area contributed by atoms with E-state index >= 15 is 0 Å². The zero-order valence-corrected chi connectivity index (χ0v) is 11.9. The fourth-order valence-electron chi connectivity index (χ4n) is 1.73. The van der Waals surface area contributed by atoms with Gasteiger partial charge in [-0.2, -0.15) is 0 Å². The molecule has 6 heteroatoms. The first kappa shape index (κ1) is 14.8. The minimum atomic E-state index is -1.37. The highest BCUT2D eigenvalue weighted by Crippen LogP contribution is 2.43. The van der Waals surface area contributed by atoms with Gasteiger partial charge in [0.1, 0.15) is 11.2 Å². The van der Waals surface area contributed by atoms with E-state index in [1.165, 1.54) is 13.0 Å². The lowest BCUT2D eigenvalue weighted by molar-refractivity contribution is -0.148. The Morgan fingerprint density at radius 2 is 2.00 bits per heavy atom. The number of aliphatic carboxylic acids is 2. The van der Waals surface area contributed by atoms with Crippen molar-refractivity contribution in [1.29, 1.82) is 0 Å². The second kappa shape index (κ2) is 5.14. The molecule has 0 aliphatic heterocycles. The number of carbonyl (C=O) groups is 2. The van der Waals surface area contributed by atoms with Crippen molar-refractivity contribution in [3.63, 3.8) is 0 Å². The van der Waals surface area contributed by atoms with Crippen LogP contribution in [-0.2, 0) is 14.3 Å². The van der Waals surface area contributed by atoms with Crippen LogP contribution in [0.4, 0.5) is 0 Å². The smallest absolute Gasteiger partial charge is 0.331 e. The molecule has 0 bridgehead atoms. The van der Waals surface area contributed by atoms with Crippen LogP contribution in [0.5, 0.6) is 0 Å². The third kappa shape index (κ3) is 2.75. The molecule has 0 fully saturated rings. The van der Waals surface area contributed by atoms with Crippen LogP contribution in [0.1, 0.15) is 27.2 Å². The molecule has 0 saturated heterocycles. The molecule has 0 spiro atoms. The molecule has 0 aromatic rings. The Kier molecular flexibility index (Phi) is 4.21. The van der Waals surface area contributed by atoms with Crippen LogP contribution in [-0.4, -0.2) is 28.3 Å². The Bertz CT molecular complexity index is 449. The first-order valence-corrected chi connectivity index (χ1v) is 6.22. The summed E-state index contributed by atoms with van der Waals surface area (Å²) in [7, 11) is 0. The number of carboxylic acids is 2. The second-order valence-corrected chi connectivity index (χ2v) is 5.49. The van der Waals surface area contributed by atoms with E-state index < -0.39 is 17.4 Å². The summed E-state index contributed by atoms with van der Waals surface area (Å²) in [6.07, 6.45) is 1.10. The summed E-state index contributed by atoms with van der Waals surface area (Å²) in [6.45, 7) is 5.03. The van der Waals surface area contributed by atoms with Crippen molar-refractivity contribution in [3.8, 4) is 0 Å². The molecule has 0 aromatic carbocycles. The van der Waals surface area contributed by atoms with Gasteiger partial charge in [0.15, 0.2) is 0 Å². The number of ether oxygens (including phenoxy) is 1. The predicted molar refractivity (Wildman–Crippen MR) is 68.3 cm³/mol. The zero-order chi connectivity index (χ0) is 14.1. The predicted octanol–water partition coefficient (Wildman–Crippen LogP) is 2.52. The highest BCUT2D eigenvalue weighted by atomic mass is 79.9. The lowest BCUT2D eigenvalue weighted by atomic mass is 9.78. The van der Waals surface area contributed by atoms with Crippen LogP contribution in [0, 0.1) is 5.41 Å². The van der Waals surface area contributed by atoms with E-state index in [-0.39, 0.29) is 23.9 Å². The molecule has 5 nitrogen and oxygen atoms in total. The molecular formula is C12H15BrO5. The average Bonchev–Trinajstić information content (AvgIpc) is 2.22. The number of rotatable bonds is 4. The Labute approximate surface area is 113 Å². The van der Waals surface area contributed by atoms with Gasteiger partial charge in [-0.3, -0.25) is 4.79 Å². The number of hydrogen-bond acceptors (Lipinski definition) is 3. The standard InChI is InChI=1S/C12H15BrO5/c1-6(2)18-9-8(13)4-7(10(14)15)5-12(9,3)11(16)17/h4,6H,5H2,1-3H3,(H,14,15)(H,16,17). The van der Waals surface area contributed by atoms with Crippen molar-refractivity contribution in [2.24, 2.45) is 5.41 Å². The van der Waals surface area contributed by atoms with E-state index in [0.29, 0.717) is 4.48 Å². The topological polar surface area (TPSA) is 83.8 Å². The van der Waals surface area contributed by atoms with Crippen LogP contribution >= 0.6 is 15.9 Å². The maximum absolute atomic E-state index is 11.4. The van der Waals surface area contributed by atoms with E-state index in [9.17, 15) is 14.7 Å². The van der Waals surface area contributed by atoms with Crippen molar-refractivity contribution in [3.05, 3.63) is 21.9 Å². The molecule has 0 radical (unpaired) electrons. The fraction of sp³-hybridized carbons (Fsp3) is 0.500. The van der Waals surface area contributed by atoms with E-state index in [1.807, 2.05) is 0 Å². The Balaban J connectivity index is 3.31. The zero-order valence-electron chi connectivity index (χ0n) is 10.4. The Morgan fingerprint density at radius 1 is 1.44 bits per heavy atom. The summed E-state index contributed by atoms with van der Waals surface area (Å²) in [6, 6.07) is 0. The van der Waals surface area contributed by atoms with Crippen LogP contribution in [0.2, 0.25) is 0 Å². The molecular weight excluding hydrogens is 304 g/mol. The van der Waals surface area contributed by atoms with Gasteiger partial charge < -0.3 is 14.9 Å². The summed E-state index contributed by atoms with van der Waals surface area (Å²) in [4.78, 5) is 22.4. The van der Waals surface area contributed by atoms with Crippen LogP contribution in [0.3, 0.4) is 0 Å². The number of carboxylic acid groups (broad SMARTS) is 2. The normalized spacial score (nSPS) is 23.9. The second-order valence-electron chi connectivity index (χ2n) is 4.63. The maximum atomic E-state index is 11.4. The highest BCUT2D eigenvalue weighted by Gasteiger charge is 2.45. The van der Waals surface area contributed by atoms with Gasteiger partial charge in [0, 0.05) is 12.0 Å². The lowest BCUT2D eigenvalue weighted by Gasteiger charge is -2.32. The van der Waals surface area contributed by atoms with Gasteiger partial charge in [0.2, 0.25) is 0 Å². The number of hydrogen-bond donors (Lipinski definition) is 2. The van der Waals surface area contributed by atoms with Crippen molar-refractivity contribution >= 4 is 27.9 Å². The summed E-state index contributed by atoms with van der Waals surface area (Å²) in [5.74, 6) is -1.97. The summed E-state index contributed by atoms with van der Waals surface area (Å²) < 4.78 is 5.89. The van der Waals surface area contributed by atoms with Gasteiger partial charge in [-0.25, -0.2) is 4.79 Å². The quantitative estimate of drug-likeness (QED) is 0.832. The van der Waals surface area contributed by atoms with E-state index in [2.05, 4.69) is 15.9 Å². The summed E-state index contributed by atoms with van der Waals surface area (Å²) in [5.41, 5.74) is -1.33. The Morgan fingerprint density at radius 3 is 2.39 bits per heavy atom. The molecule has 0 aromatic heterocycles. The SMILES string of the molecule is CC(C)OC1=C(Br)C=C(C(=O)O)CC1(C)C(=O)O.